The highest BCUT2D eigenvalue weighted by atomic mass is 19.3. The summed E-state index contributed by atoms with van der Waals surface area (Å²) >= 11 is 0. The number of hydrogen-bond donors (Lipinski definition) is 3. The van der Waals surface area contributed by atoms with Crippen molar-refractivity contribution in [2.45, 2.75) is 38.0 Å². The predicted molar refractivity (Wildman–Crippen MR) is 84.3 cm³/mol. The molecule has 0 aromatic heterocycles. The summed E-state index contributed by atoms with van der Waals surface area (Å²) in [5, 5.41) is 6.29. The molecule has 132 valence electrons. The van der Waals surface area contributed by atoms with Gasteiger partial charge in [0.2, 0.25) is 5.91 Å². The normalized spacial score (nSPS) is 23.3. The van der Waals surface area contributed by atoms with Crippen LogP contribution < -0.4 is 25.8 Å². The van der Waals surface area contributed by atoms with Gasteiger partial charge in [0.05, 0.1) is 12.6 Å². The van der Waals surface area contributed by atoms with E-state index in [2.05, 4.69) is 15.4 Å². The van der Waals surface area contributed by atoms with Crippen molar-refractivity contribution in [3.8, 4) is 11.5 Å². The van der Waals surface area contributed by atoms with Crippen LogP contribution in [0.15, 0.2) is 18.2 Å². The van der Waals surface area contributed by atoms with Crippen molar-refractivity contribution in [3.63, 3.8) is 0 Å². The number of anilines is 1. The number of rotatable bonds is 8. The summed E-state index contributed by atoms with van der Waals surface area (Å²) in [4.78, 5) is 11.2. The van der Waals surface area contributed by atoms with E-state index in [1.165, 1.54) is 6.07 Å². The van der Waals surface area contributed by atoms with Gasteiger partial charge in [-0.15, -0.1) is 0 Å². The number of carbonyl (C=O) groups excluding carboxylic acids is 1. The quantitative estimate of drug-likeness (QED) is 0.670. The molecule has 3 rings (SSSR count). The number of benzene rings is 1. The largest absolute Gasteiger partial charge is 0.489 e. The summed E-state index contributed by atoms with van der Waals surface area (Å²) in [5.74, 6) is 0.435. The molecule has 0 spiro atoms. The Bertz CT molecular complexity index is 596. The molecule has 1 aliphatic heterocycles. The van der Waals surface area contributed by atoms with Crippen LogP contribution in [0.25, 0.3) is 0 Å². The summed E-state index contributed by atoms with van der Waals surface area (Å²) in [6.07, 6.45) is 2.78. The molecule has 1 aromatic carbocycles. The van der Waals surface area contributed by atoms with Crippen LogP contribution in [-0.2, 0) is 4.79 Å². The summed E-state index contributed by atoms with van der Waals surface area (Å²) in [6, 6.07) is 4.44. The molecule has 2 aliphatic rings. The number of amides is 1. The van der Waals surface area contributed by atoms with Crippen LogP contribution >= 0.6 is 0 Å². The van der Waals surface area contributed by atoms with Gasteiger partial charge < -0.3 is 25.8 Å². The van der Waals surface area contributed by atoms with Gasteiger partial charge in [0, 0.05) is 24.3 Å². The first-order valence-electron chi connectivity index (χ1n) is 8.02. The SMILES string of the molecule is NC(=O)[C@@H]1C[C@H](Nc2ccc(OC(F)F)c(OCC3CC3)c2)CN1. The number of hydrogen-bond acceptors (Lipinski definition) is 5. The van der Waals surface area contributed by atoms with Crippen molar-refractivity contribution in [1.29, 1.82) is 0 Å². The third kappa shape index (κ3) is 4.47. The maximum absolute atomic E-state index is 12.5. The Morgan fingerprint density at radius 2 is 2.17 bits per heavy atom. The molecule has 1 amide bonds. The first-order chi connectivity index (χ1) is 11.5. The van der Waals surface area contributed by atoms with Gasteiger partial charge in [-0.3, -0.25) is 4.79 Å². The fourth-order valence-corrected chi connectivity index (χ4v) is 2.69. The maximum Gasteiger partial charge on any atom is 0.387 e. The molecule has 0 bridgehead atoms. The molecule has 0 radical (unpaired) electrons. The Balaban J connectivity index is 1.66. The van der Waals surface area contributed by atoms with E-state index < -0.39 is 6.61 Å². The lowest BCUT2D eigenvalue weighted by Gasteiger charge is -2.17. The molecule has 6 nitrogen and oxygen atoms in total. The van der Waals surface area contributed by atoms with Crippen LogP contribution in [0.2, 0.25) is 0 Å². The second-order valence-electron chi connectivity index (χ2n) is 6.23. The number of primary amides is 1. The van der Waals surface area contributed by atoms with E-state index in [1.807, 2.05) is 0 Å². The smallest absolute Gasteiger partial charge is 0.387 e. The zero-order chi connectivity index (χ0) is 17.1. The maximum atomic E-state index is 12.5. The van der Waals surface area contributed by atoms with Gasteiger partial charge in [0.25, 0.3) is 0 Å². The fraction of sp³-hybridized carbons (Fsp3) is 0.562. The fourth-order valence-electron chi connectivity index (χ4n) is 2.69. The molecule has 1 saturated heterocycles. The Kier molecular flexibility index (Phi) is 5.03. The van der Waals surface area contributed by atoms with Crippen LogP contribution in [0.1, 0.15) is 19.3 Å². The highest BCUT2D eigenvalue weighted by molar-refractivity contribution is 5.80. The average Bonchev–Trinajstić information content (AvgIpc) is 3.24. The van der Waals surface area contributed by atoms with Crippen molar-refractivity contribution < 1.29 is 23.0 Å². The van der Waals surface area contributed by atoms with Gasteiger partial charge >= 0.3 is 6.61 Å². The minimum Gasteiger partial charge on any atom is -0.489 e. The molecule has 1 aliphatic carbocycles. The summed E-state index contributed by atoms with van der Waals surface area (Å²) in [7, 11) is 0. The monoisotopic (exact) mass is 341 g/mol. The topological polar surface area (TPSA) is 85.6 Å². The van der Waals surface area contributed by atoms with Crippen molar-refractivity contribution >= 4 is 11.6 Å². The van der Waals surface area contributed by atoms with E-state index in [0.29, 0.717) is 31.2 Å². The minimum absolute atomic E-state index is 0.0239. The van der Waals surface area contributed by atoms with Gasteiger partial charge in [0.1, 0.15) is 0 Å². The van der Waals surface area contributed by atoms with Crippen LogP contribution in [0.4, 0.5) is 14.5 Å². The Morgan fingerprint density at radius 1 is 1.38 bits per heavy atom. The van der Waals surface area contributed by atoms with Crippen LogP contribution in [-0.4, -0.2) is 37.8 Å². The number of carbonyl (C=O) groups is 1. The van der Waals surface area contributed by atoms with Gasteiger partial charge in [-0.25, -0.2) is 0 Å². The van der Waals surface area contributed by atoms with E-state index in [9.17, 15) is 13.6 Å². The van der Waals surface area contributed by atoms with Crippen molar-refractivity contribution in [2.75, 3.05) is 18.5 Å². The van der Waals surface area contributed by atoms with Crippen molar-refractivity contribution in [3.05, 3.63) is 18.2 Å². The van der Waals surface area contributed by atoms with E-state index >= 15 is 0 Å². The standard InChI is InChI=1S/C16H21F2N3O3/c17-16(18)24-13-4-3-10(6-14(13)23-8-9-1-2-9)21-11-5-12(15(19)22)20-7-11/h3-4,6,9,11-12,16,20-21H,1-2,5,7-8H2,(H2,19,22)/t11-,12-/m0/s1. The van der Waals surface area contributed by atoms with Crippen LogP contribution in [0.5, 0.6) is 11.5 Å². The number of alkyl halides is 2. The van der Waals surface area contributed by atoms with Gasteiger partial charge in [-0.2, -0.15) is 8.78 Å². The summed E-state index contributed by atoms with van der Waals surface area (Å²) in [6.45, 7) is -1.80. The molecule has 1 heterocycles. The predicted octanol–water partition coefficient (Wildman–Crippen LogP) is 1.70. The van der Waals surface area contributed by atoms with E-state index in [-0.39, 0.29) is 23.7 Å². The third-order valence-corrected chi connectivity index (χ3v) is 4.18. The highest BCUT2D eigenvalue weighted by Crippen LogP contribution is 2.35. The number of nitrogens with two attached hydrogens (primary N) is 1. The molecule has 1 saturated carbocycles. The van der Waals surface area contributed by atoms with E-state index in [0.717, 1.165) is 18.5 Å². The molecule has 8 heteroatoms. The molecule has 2 atom stereocenters. The minimum atomic E-state index is -2.90. The number of nitrogens with one attached hydrogen (secondary N) is 2. The first-order valence-corrected chi connectivity index (χ1v) is 8.02. The van der Waals surface area contributed by atoms with E-state index in [4.69, 9.17) is 10.5 Å². The number of ether oxygens (including phenoxy) is 2. The third-order valence-electron chi connectivity index (χ3n) is 4.18. The van der Waals surface area contributed by atoms with E-state index in [1.54, 1.807) is 12.1 Å². The van der Waals surface area contributed by atoms with Crippen LogP contribution in [0.3, 0.4) is 0 Å². The highest BCUT2D eigenvalue weighted by Gasteiger charge is 2.28. The molecule has 24 heavy (non-hydrogen) atoms. The summed E-state index contributed by atoms with van der Waals surface area (Å²) in [5.41, 5.74) is 6.00. The zero-order valence-electron chi connectivity index (χ0n) is 13.1. The Hall–Kier alpha value is -2.09. The lowest BCUT2D eigenvalue weighted by Crippen LogP contribution is -2.36. The Morgan fingerprint density at radius 3 is 2.79 bits per heavy atom. The zero-order valence-corrected chi connectivity index (χ0v) is 13.1. The average molecular weight is 341 g/mol. The molecule has 1 aromatic rings. The van der Waals surface area contributed by atoms with Gasteiger partial charge in [0.15, 0.2) is 11.5 Å². The van der Waals surface area contributed by atoms with Gasteiger partial charge in [-0.05, 0) is 37.3 Å². The summed E-state index contributed by atoms with van der Waals surface area (Å²) < 4.78 is 35.2. The van der Waals surface area contributed by atoms with Crippen molar-refractivity contribution in [2.24, 2.45) is 11.7 Å². The Labute approximate surface area is 138 Å². The second kappa shape index (κ2) is 7.21. The van der Waals surface area contributed by atoms with Crippen LogP contribution in [0, 0.1) is 5.92 Å². The molecular weight excluding hydrogens is 320 g/mol. The lowest BCUT2D eigenvalue weighted by molar-refractivity contribution is -0.119. The second-order valence-corrected chi connectivity index (χ2v) is 6.23. The molecule has 0 unspecified atom stereocenters. The molecule has 4 N–H and O–H groups in total. The first kappa shape index (κ1) is 16.8. The molecular formula is C16H21F2N3O3. The van der Waals surface area contributed by atoms with Gasteiger partial charge in [-0.1, -0.05) is 0 Å². The van der Waals surface area contributed by atoms with Crippen molar-refractivity contribution in [1.82, 2.24) is 5.32 Å². The number of halogens is 2. The lowest BCUT2D eigenvalue weighted by atomic mass is 10.1. The molecule has 2 fully saturated rings.